The summed E-state index contributed by atoms with van der Waals surface area (Å²) in [7, 11) is 3.24. The van der Waals surface area contributed by atoms with Crippen LogP contribution in [0.4, 0.5) is 0 Å². The molecule has 3 aliphatic heterocycles. The van der Waals surface area contributed by atoms with Gasteiger partial charge in [0.2, 0.25) is 0 Å². The van der Waals surface area contributed by atoms with Crippen LogP contribution in [0.5, 0.6) is 11.5 Å². The predicted octanol–water partition coefficient (Wildman–Crippen LogP) is 5.65. The first kappa shape index (κ1) is 52.4. The number of thioether (sulfide) groups is 2. The number of ether oxygens (including phenoxy) is 8. The SMILES string of the molecule is CC(=O)O.COc1ccc(CO[C@@H]2C(O)[C@H](Sc3ccccc3)OC(CO)[C@H]2O)cc1.COc1ccc(CO[C@@H]2C(O)[C@H](Sc3ccccc3)OC3COC(c4ccccc4)O[C@H]32)cc1.O. The van der Waals surface area contributed by atoms with Gasteiger partial charge in [0, 0.05) is 22.3 Å². The van der Waals surface area contributed by atoms with E-state index in [-0.39, 0.29) is 24.8 Å². The Morgan fingerprint density at radius 2 is 1.06 bits per heavy atom. The van der Waals surface area contributed by atoms with Crippen LogP contribution in [0.2, 0.25) is 0 Å². The third kappa shape index (κ3) is 15.0. The first-order valence-corrected chi connectivity index (χ1v) is 22.7. The van der Waals surface area contributed by atoms with Crippen molar-refractivity contribution in [2.75, 3.05) is 27.4 Å². The predicted molar refractivity (Wildman–Crippen MR) is 247 cm³/mol. The maximum atomic E-state index is 11.3. The van der Waals surface area contributed by atoms with Gasteiger partial charge >= 0.3 is 0 Å². The van der Waals surface area contributed by atoms with E-state index in [2.05, 4.69) is 0 Å². The molecule has 5 unspecified atom stereocenters. The summed E-state index contributed by atoms with van der Waals surface area (Å²) in [5.74, 6) is 0.692. The molecule has 0 amide bonds. The van der Waals surface area contributed by atoms with Crippen LogP contribution < -0.4 is 9.47 Å². The van der Waals surface area contributed by atoms with Crippen LogP contribution >= 0.6 is 23.5 Å². The fraction of sp³-hybridized carbons (Fsp3) is 0.367. The minimum absolute atomic E-state index is 0. The van der Waals surface area contributed by atoms with Crippen molar-refractivity contribution in [1.29, 1.82) is 0 Å². The molecule has 7 N–H and O–H groups in total. The summed E-state index contributed by atoms with van der Waals surface area (Å²) in [6, 6.07) is 44.2. The maximum Gasteiger partial charge on any atom is 0.300 e. The second-order valence-corrected chi connectivity index (χ2v) is 17.4. The van der Waals surface area contributed by atoms with Crippen LogP contribution in [-0.4, -0.2) is 124 Å². The number of benzene rings is 5. The van der Waals surface area contributed by atoms with E-state index in [1.165, 1.54) is 23.5 Å². The molecule has 3 saturated heterocycles. The molecule has 11 atom stereocenters. The topological polar surface area (TPSA) is 224 Å². The molecule has 5 aromatic rings. The summed E-state index contributed by atoms with van der Waals surface area (Å²) >= 11 is 2.81. The van der Waals surface area contributed by atoms with Gasteiger partial charge in [-0.15, -0.1) is 0 Å². The van der Waals surface area contributed by atoms with Gasteiger partial charge in [0.25, 0.3) is 5.97 Å². The zero-order valence-corrected chi connectivity index (χ0v) is 38.3. The largest absolute Gasteiger partial charge is 0.497 e. The molecule has 356 valence electrons. The number of carboxylic acid groups (broad SMARTS) is 1. The van der Waals surface area contributed by atoms with Gasteiger partial charge in [-0.1, -0.05) is 115 Å². The van der Waals surface area contributed by atoms with E-state index in [0.29, 0.717) is 13.2 Å². The van der Waals surface area contributed by atoms with Crippen molar-refractivity contribution in [1.82, 2.24) is 0 Å². The molecule has 0 bridgehead atoms. The van der Waals surface area contributed by atoms with Crippen molar-refractivity contribution in [3.8, 4) is 11.5 Å². The highest BCUT2D eigenvalue weighted by atomic mass is 32.2. The number of carbonyl (C=O) groups is 1. The van der Waals surface area contributed by atoms with E-state index >= 15 is 0 Å². The molecule has 15 nitrogen and oxygen atoms in total. The molecule has 0 aromatic heterocycles. The smallest absolute Gasteiger partial charge is 0.300 e. The first-order valence-electron chi connectivity index (χ1n) is 21.0. The Bertz CT molecular complexity index is 2120. The molecule has 3 fully saturated rings. The number of hydrogen-bond donors (Lipinski definition) is 5. The van der Waals surface area contributed by atoms with E-state index < -0.39 is 65.9 Å². The van der Waals surface area contributed by atoms with Crippen molar-refractivity contribution in [3.05, 3.63) is 156 Å². The van der Waals surface area contributed by atoms with Crippen LogP contribution in [-0.2, 0) is 46.4 Å². The third-order valence-electron chi connectivity index (χ3n) is 10.4. The molecule has 0 saturated carbocycles. The van der Waals surface area contributed by atoms with Gasteiger partial charge in [0.05, 0.1) is 40.6 Å². The normalized spacial score (nSPS) is 26.7. The summed E-state index contributed by atoms with van der Waals surface area (Å²) in [4.78, 5) is 10.9. The monoisotopic (exact) mass is 950 g/mol. The number of aliphatic carboxylic acids is 1. The fourth-order valence-corrected chi connectivity index (χ4v) is 9.22. The van der Waals surface area contributed by atoms with E-state index in [9.17, 15) is 20.4 Å². The standard InChI is InChI=1S/C27H28O6S.C20H24O6S.C2H4O2.H2O/c1-29-20-14-12-18(13-15-20)16-30-25-23(28)27(34-21-10-6-3-7-11-21)32-22-17-31-26(33-24(22)25)19-8-4-2-5-9-19;1-24-14-9-7-13(8-10-14)12-25-19-17(22)16(11-21)26-20(18(19)23)27-15-5-3-2-4-6-15;1-2(3)4;/h2-15,22-28H,16-17H2,1H3;2-10,16-23H,11-12H2,1H3;1H3,(H,3,4);1H2/t22?,23?,24-,25-,26?,27+;16?,17-,18?,19+,20+;;/m11../s1. The molecule has 3 aliphatic rings. The highest BCUT2D eigenvalue weighted by Gasteiger charge is 2.50. The second kappa shape index (κ2) is 26.7. The van der Waals surface area contributed by atoms with E-state index in [4.69, 9.17) is 47.8 Å². The summed E-state index contributed by atoms with van der Waals surface area (Å²) < 4.78 is 46.8. The molecule has 0 spiro atoms. The average Bonchev–Trinajstić information content (AvgIpc) is 3.33. The van der Waals surface area contributed by atoms with E-state index in [0.717, 1.165) is 44.9 Å². The number of aliphatic hydroxyl groups excluding tert-OH is 4. The Labute approximate surface area is 392 Å². The fourth-order valence-electron chi connectivity index (χ4n) is 7.07. The van der Waals surface area contributed by atoms with Crippen molar-refractivity contribution >= 4 is 29.5 Å². The van der Waals surface area contributed by atoms with Crippen LogP contribution in [0.15, 0.2) is 149 Å². The van der Waals surface area contributed by atoms with Gasteiger partial charge in [0.15, 0.2) is 6.29 Å². The number of hydrogen-bond acceptors (Lipinski definition) is 15. The van der Waals surface area contributed by atoms with Crippen LogP contribution in [0, 0.1) is 0 Å². The Morgan fingerprint density at radius 3 is 1.53 bits per heavy atom. The van der Waals surface area contributed by atoms with Crippen LogP contribution in [0.25, 0.3) is 0 Å². The zero-order valence-electron chi connectivity index (χ0n) is 36.7. The minimum Gasteiger partial charge on any atom is -0.497 e. The zero-order chi connectivity index (χ0) is 46.1. The van der Waals surface area contributed by atoms with Crippen molar-refractivity contribution in [3.63, 3.8) is 0 Å². The molecule has 0 radical (unpaired) electrons. The average molecular weight is 951 g/mol. The molecular weight excluding hydrogens is 893 g/mol. The van der Waals surface area contributed by atoms with Gasteiger partial charge in [0.1, 0.15) is 71.2 Å². The van der Waals surface area contributed by atoms with Gasteiger partial charge in [-0.2, -0.15) is 0 Å². The second-order valence-electron chi connectivity index (χ2n) is 15.0. The highest BCUT2D eigenvalue weighted by molar-refractivity contribution is 8.00. The van der Waals surface area contributed by atoms with Crippen LogP contribution in [0.3, 0.4) is 0 Å². The van der Waals surface area contributed by atoms with Gasteiger partial charge in [-0.05, 0) is 59.7 Å². The Morgan fingerprint density at radius 1 is 0.621 bits per heavy atom. The molecule has 3 heterocycles. The van der Waals surface area contributed by atoms with Gasteiger partial charge in [-0.3, -0.25) is 4.79 Å². The Hall–Kier alpha value is -4.57. The van der Waals surface area contributed by atoms with Crippen molar-refractivity contribution in [2.24, 2.45) is 0 Å². The Kier molecular flexibility index (Phi) is 21.2. The lowest BCUT2D eigenvalue weighted by Gasteiger charge is -2.47. The van der Waals surface area contributed by atoms with Crippen molar-refractivity contribution in [2.45, 2.75) is 95.9 Å². The molecule has 17 heteroatoms. The summed E-state index contributed by atoms with van der Waals surface area (Å²) in [5, 5.41) is 49.4. The van der Waals surface area contributed by atoms with Crippen LogP contribution in [0.1, 0.15) is 29.9 Å². The highest BCUT2D eigenvalue weighted by Crippen LogP contribution is 2.40. The first-order chi connectivity index (χ1) is 31.6. The number of aliphatic hydroxyl groups is 4. The third-order valence-corrected chi connectivity index (χ3v) is 12.7. The number of carboxylic acids is 1. The van der Waals surface area contributed by atoms with Gasteiger partial charge < -0.3 is 68.9 Å². The number of fused-ring (bicyclic) bond motifs is 1. The number of methoxy groups -OCH3 is 2. The van der Waals surface area contributed by atoms with E-state index in [1.54, 1.807) is 14.2 Å². The molecule has 8 rings (SSSR count). The lowest BCUT2D eigenvalue weighted by atomic mass is 9.98. The summed E-state index contributed by atoms with van der Waals surface area (Å²) in [6.07, 6.45) is -6.72. The van der Waals surface area contributed by atoms with Crippen molar-refractivity contribution < 1.29 is 73.7 Å². The Balaban J connectivity index is 0.000000231. The molecule has 5 aromatic carbocycles. The van der Waals surface area contributed by atoms with E-state index in [1.807, 2.05) is 140 Å². The number of rotatable bonds is 14. The summed E-state index contributed by atoms with van der Waals surface area (Å²) in [5.41, 5.74) is 1.62. The maximum absolute atomic E-state index is 11.3. The minimum atomic E-state index is -1.13. The molecule has 0 aliphatic carbocycles. The van der Waals surface area contributed by atoms with Gasteiger partial charge in [-0.25, -0.2) is 0 Å². The molecular formula is C49H58O15S2. The quantitative estimate of drug-likeness (QED) is 0.0907. The lowest BCUT2D eigenvalue weighted by molar-refractivity contribution is -0.325. The summed E-state index contributed by atoms with van der Waals surface area (Å²) in [6.45, 7) is 1.62. The molecule has 66 heavy (non-hydrogen) atoms. The lowest BCUT2D eigenvalue weighted by Crippen LogP contribution is -2.61.